The summed E-state index contributed by atoms with van der Waals surface area (Å²) in [6.45, 7) is 0. The monoisotopic (exact) mass is 401 g/mol. The van der Waals surface area contributed by atoms with Crippen LogP contribution in [0.3, 0.4) is 0 Å². The fourth-order valence-corrected chi connectivity index (χ4v) is 4.95. The van der Waals surface area contributed by atoms with Gasteiger partial charge < -0.3 is 24.4 Å². The molecule has 2 aliphatic heterocycles. The van der Waals surface area contributed by atoms with Crippen LogP contribution in [0.25, 0.3) is 0 Å². The number of anilines is 1. The molecule has 1 aromatic heterocycles. The summed E-state index contributed by atoms with van der Waals surface area (Å²) in [5, 5.41) is 2.61. The molecule has 2 amide bonds. The highest BCUT2D eigenvalue weighted by molar-refractivity contribution is 7.99. The molecule has 0 saturated carbocycles. The maximum Gasteiger partial charge on any atom is 0.260 e. The van der Waals surface area contributed by atoms with Crippen LogP contribution in [0.2, 0.25) is 0 Å². The van der Waals surface area contributed by atoms with Crippen molar-refractivity contribution in [3.63, 3.8) is 0 Å². The molecule has 146 valence electrons. The van der Waals surface area contributed by atoms with Crippen molar-refractivity contribution in [3.8, 4) is 17.4 Å². The number of fused-ring (bicyclic) bond motifs is 3. The van der Waals surface area contributed by atoms with Crippen molar-refractivity contribution < 1.29 is 23.8 Å². The van der Waals surface area contributed by atoms with Crippen LogP contribution in [-0.4, -0.2) is 54.8 Å². The molecular formula is C19H19N3O5S. The molecule has 1 saturated heterocycles. The molecule has 2 aromatic rings. The van der Waals surface area contributed by atoms with E-state index < -0.39 is 6.04 Å². The third-order valence-corrected chi connectivity index (χ3v) is 6.11. The first-order valence-electron chi connectivity index (χ1n) is 8.59. The number of nitrogens with one attached hydrogen (secondary N) is 1. The number of benzene rings is 1. The van der Waals surface area contributed by atoms with Gasteiger partial charge in [0.2, 0.25) is 11.8 Å². The predicted molar refractivity (Wildman–Crippen MR) is 104 cm³/mol. The van der Waals surface area contributed by atoms with Crippen LogP contribution in [0, 0.1) is 0 Å². The first kappa shape index (κ1) is 18.4. The van der Waals surface area contributed by atoms with Crippen molar-refractivity contribution >= 4 is 29.3 Å². The Balaban J connectivity index is 1.59. The van der Waals surface area contributed by atoms with Gasteiger partial charge in [-0.2, -0.15) is 0 Å². The molecule has 1 N–H and O–H groups in total. The summed E-state index contributed by atoms with van der Waals surface area (Å²) in [6.07, 6.45) is 1.52. The number of hydrogen-bond donors (Lipinski definition) is 1. The van der Waals surface area contributed by atoms with Gasteiger partial charge in [-0.3, -0.25) is 9.59 Å². The van der Waals surface area contributed by atoms with Gasteiger partial charge in [-0.25, -0.2) is 4.98 Å². The lowest BCUT2D eigenvalue weighted by Gasteiger charge is -2.22. The average molecular weight is 401 g/mol. The van der Waals surface area contributed by atoms with Crippen LogP contribution < -0.4 is 19.5 Å². The van der Waals surface area contributed by atoms with E-state index in [1.165, 1.54) is 27.5 Å². The van der Waals surface area contributed by atoms with E-state index in [1.54, 1.807) is 34.9 Å². The minimum Gasteiger partial charge on any atom is -0.493 e. The molecule has 8 nitrogen and oxygen atoms in total. The molecule has 2 atom stereocenters. The minimum absolute atomic E-state index is 0.216. The topological polar surface area (TPSA) is 90.0 Å². The van der Waals surface area contributed by atoms with Gasteiger partial charge in [0.15, 0.2) is 11.5 Å². The van der Waals surface area contributed by atoms with Crippen molar-refractivity contribution in [1.82, 2.24) is 9.88 Å². The van der Waals surface area contributed by atoms with Crippen LogP contribution in [0.1, 0.15) is 21.3 Å². The zero-order chi connectivity index (χ0) is 19.8. The number of hydrogen-bond acceptors (Lipinski definition) is 7. The Labute approximate surface area is 166 Å². The average Bonchev–Trinajstić information content (AvgIpc) is 3.28. The molecule has 4 rings (SSSR count). The van der Waals surface area contributed by atoms with E-state index in [0.29, 0.717) is 34.4 Å². The largest absolute Gasteiger partial charge is 0.493 e. The third kappa shape index (κ3) is 2.82. The van der Waals surface area contributed by atoms with Gasteiger partial charge in [0, 0.05) is 17.4 Å². The molecule has 2 aliphatic rings. The van der Waals surface area contributed by atoms with Crippen LogP contribution >= 0.6 is 11.8 Å². The normalized spacial score (nSPS) is 19.8. The summed E-state index contributed by atoms with van der Waals surface area (Å²) < 4.78 is 15.7. The van der Waals surface area contributed by atoms with Crippen LogP contribution in [0.15, 0.2) is 30.5 Å². The molecular weight excluding hydrogens is 382 g/mol. The predicted octanol–water partition coefficient (Wildman–Crippen LogP) is 2.32. The highest BCUT2D eigenvalue weighted by Gasteiger charge is 2.50. The van der Waals surface area contributed by atoms with Crippen molar-refractivity contribution in [2.24, 2.45) is 0 Å². The van der Waals surface area contributed by atoms with Gasteiger partial charge in [0.1, 0.15) is 11.4 Å². The summed E-state index contributed by atoms with van der Waals surface area (Å²) >= 11 is 1.56. The highest BCUT2D eigenvalue weighted by atomic mass is 32.2. The summed E-state index contributed by atoms with van der Waals surface area (Å²) in [7, 11) is 4.55. The van der Waals surface area contributed by atoms with E-state index in [4.69, 9.17) is 14.2 Å². The van der Waals surface area contributed by atoms with E-state index in [0.717, 1.165) is 5.56 Å². The maximum atomic E-state index is 13.1. The van der Waals surface area contributed by atoms with Gasteiger partial charge in [0.25, 0.3) is 5.91 Å². The lowest BCUT2D eigenvalue weighted by Crippen LogP contribution is -2.42. The van der Waals surface area contributed by atoms with Crippen LogP contribution in [-0.2, 0) is 4.79 Å². The standard InChI is InChI=1S/C19H19N3O5S/c1-25-13-6-5-11-15(16(13)27-3)18(24)22-12(9-28-19(11)22)17(23)21-10-4-7-14(26-2)20-8-10/h4-8,12,19H,9H2,1-3H3,(H,21,23)/t12-,19-/m0/s1. The van der Waals surface area contributed by atoms with Crippen LogP contribution in [0.5, 0.6) is 17.4 Å². The summed E-state index contributed by atoms with van der Waals surface area (Å²) in [4.78, 5) is 31.7. The highest BCUT2D eigenvalue weighted by Crippen LogP contribution is 2.52. The van der Waals surface area contributed by atoms with Crippen molar-refractivity contribution in [2.75, 3.05) is 32.4 Å². The zero-order valence-corrected chi connectivity index (χ0v) is 16.4. The van der Waals surface area contributed by atoms with Gasteiger partial charge in [-0.1, -0.05) is 6.07 Å². The number of amides is 2. The van der Waals surface area contributed by atoms with E-state index in [9.17, 15) is 9.59 Å². The number of methoxy groups -OCH3 is 3. The van der Waals surface area contributed by atoms with Crippen molar-refractivity contribution in [3.05, 3.63) is 41.6 Å². The maximum absolute atomic E-state index is 13.1. The Hall–Kier alpha value is -2.94. The molecule has 0 bridgehead atoms. The van der Waals surface area contributed by atoms with Gasteiger partial charge in [-0.15, -0.1) is 11.8 Å². The second-order valence-electron chi connectivity index (χ2n) is 6.26. The first-order valence-corrected chi connectivity index (χ1v) is 9.64. The molecule has 0 radical (unpaired) electrons. The molecule has 0 aliphatic carbocycles. The number of aromatic nitrogens is 1. The SMILES string of the molecule is COc1ccc(NC(=O)[C@@H]2CS[C@H]3c4ccc(OC)c(OC)c4C(=O)N23)cn1. The number of carbonyl (C=O) groups excluding carboxylic acids is 2. The molecule has 28 heavy (non-hydrogen) atoms. The van der Waals surface area contributed by atoms with Gasteiger partial charge in [-0.05, 0) is 12.1 Å². The summed E-state index contributed by atoms with van der Waals surface area (Å²) in [6, 6.07) is 6.42. The van der Waals surface area contributed by atoms with E-state index >= 15 is 0 Å². The summed E-state index contributed by atoms with van der Waals surface area (Å²) in [5.41, 5.74) is 1.85. The molecule has 3 heterocycles. The molecule has 9 heteroatoms. The first-order chi connectivity index (χ1) is 13.6. The fraction of sp³-hybridized carbons (Fsp3) is 0.316. The minimum atomic E-state index is -0.590. The quantitative estimate of drug-likeness (QED) is 0.822. The molecule has 1 fully saturated rings. The molecule has 0 spiro atoms. The molecule has 1 aromatic carbocycles. The van der Waals surface area contributed by atoms with Crippen LogP contribution in [0.4, 0.5) is 5.69 Å². The Bertz CT molecular complexity index is 934. The number of rotatable bonds is 5. The Morgan fingerprint density at radius 1 is 1.18 bits per heavy atom. The van der Waals surface area contributed by atoms with Gasteiger partial charge in [0.05, 0.1) is 38.8 Å². The number of ether oxygens (including phenoxy) is 3. The smallest absolute Gasteiger partial charge is 0.260 e. The zero-order valence-electron chi connectivity index (χ0n) is 15.6. The van der Waals surface area contributed by atoms with E-state index in [2.05, 4.69) is 10.3 Å². The second-order valence-corrected chi connectivity index (χ2v) is 7.37. The third-order valence-electron chi connectivity index (χ3n) is 4.81. The molecule has 0 unspecified atom stereocenters. The number of carbonyl (C=O) groups is 2. The Morgan fingerprint density at radius 2 is 2.00 bits per heavy atom. The van der Waals surface area contributed by atoms with E-state index in [1.807, 2.05) is 6.07 Å². The Morgan fingerprint density at radius 3 is 2.64 bits per heavy atom. The lowest BCUT2D eigenvalue weighted by atomic mass is 10.1. The van der Waals surface area contributed by atoms with Crippen molar-refractivity contribution in [1.29, 1.82) is 0 Å². The number of thioether (sulfide) groups is 1. The fourth-order valence-electron chi connectivity index (χ4n) is 3.49. The van der Waals surface area contributed by atoms with Crippen molar-refractivity contribution in [2.45, 2.75) is 11.4 Å². The number of nitrogens with zero attached hydrogens (tertiary/aromatic N) is 2. The lowest BCUT2D eigenvalue weighted by molar-refractivity contribution is -0.119. The van der Waals surface area contributed by atoms with Gasteiger partial charge >= 0.3 is 0 Å². The Kier molecular flexibility index (Phi) is 4.76. The second kappa shape index (κ2) is 7.23. The van der Waals surface area contributed by atoms with E-state index in [-0.39, 0.29) is 17.2 Å². The number of pyridine rings is 1. The summed E-state index contributed by atoms with van der Waals surface area (Å²) in [5.74, 6) is 1.38.